The summed E-state index contributed by atoms with van der Waals surface area (Å²) < 4.78 is 11.7. The largest absolute Gasteiger partial charge is 0.487 e. The number of pyridine rings is 1. The van der Waals surface area contributed by atoms with Gasteiger partial charge in [-0.15, -0.1) is 0 Å². The monoisotopic (exact) mass is 385 g/mol. The van der Waals surface area contributed by atoms with Crippen LogP contribution in [0.1, 0.15) is 20.3 Å². The van der Waals surface area contributed by atoms with Gasteiger partial charge in [0.05, 0.1) is 13.2 Å². The van der Waals surface area contributed by atoms with Crippen molar-refractivity contribution in [2.45, 2.75) is 38.0 Å². The summed E-state index contributed by atoms with van der Waals surface area (Å²) in [4.78, 5) is 9.04. The second-order valence-electron chi connectivity index (χ2n) is 8.51. The Hall–Kier alpha value is -1.73. The number of rotatable bonds is 5. The van der Waals surface area contributed by atoms with E-state index in [-0.39, 0.29) is 11.6 Å². The Kier molecular flexibility index (Phi) is 5.83. The molecule has 1 aromatic heterocycles. The van der Waals surface area contributed by atoms with E-state index in [4.69, 9.17) is 9.47 Å². The number of ether oxygens (including phenoxy) is 2. The molecule has 0 aliphatic carbocycles. The van der Waals surface area contributed by atoms with Crippen LogP contribution in [0.5, 0.6) is 5.75 Å². The molecule has 0 unspecified atom stereocenters. The molecule has 2 fully saturated rings. The van der Waals surface area contributed by atoms with Crippen LogP contribution >= 0.6 is 0 Å². The first-order chi connectivity index (χ1) is 13.5. The maximum Gasteiger partial charge on any atom is 0.127 e. The summed E-state index contributed by atoms with van der Waals surface area (Å²) in [6.45, 7) is 10.7. The van der Waals surface area contributed by atoms with Crippen LogP contribution in [0.4, 0.5) is 0 Å². The number of benzene rings is 1. The van der Waals surface area contributed by atoms with Crippen LogP contribution < -0.4 is 4.74 Å². The lowest BCUT2D eigenvalue weighted by atomic mass is 9.97. The standard InChI is InChI=1S/C22H31N3O3/c1-22(2,25-10-12-27-13-11-25)16-24-9-7-21(19(26)15-24)28-20-5-3-4-17-14-23-8-6-18(17)20/h3-6,8,14,19,21,26H,7,9-13,15-16H2,1-2H3/t19-,21-/m1/s1. The van der Waals surface area contributed by atoms with Gasteiger partial charge in [-0.3, -0.25) is 14.8 Å². The molecule has 2 saturated heterocycles. The summed E-state index contributed by atoms with van der Waals surface area (Å²) in [5.74, 6) is 0.825. The molecule has 0 bridgehead atoms. The van der Waals surface area contributed by atoms with Crippen LogP contribution in [-0.2, 0) is 4.74 Å². The third-order valence-electron chi connectivity index (χ3n) is 6.00. The highest BCUT2D eigenvalue weighted by atomic mass is 16.5. The summed E-state index contributed by atoms with van der Waals surface area (Å²) in [5.41, 5.74) is 0.0693. The summed E-state index contributed by atoms with van der Waals surface area (Å²) >= 11 is 0. The van der Waals surface area contributed by atoms with Gasteiger partial charge in [0.15, 0.2) is 0 Å². The number of piperidine rings is 1. The predicted octanol–water partition coefficient (Wildman–Crippen LogP) is 2.16. The molecule has 4 rings (SSSR count). The Labute approximate surface area is 167 Å². The number of hydrogen-bond acceptors (Lipinski definition) is 6. The van der Waals surface area contributed by atoms with E-state index in [9.17, 15) is 5.11 Å². The van der Waals surface area contributed by atoms with Crippen molar-refractivity contribution in [1.82, 2.24) is 14.8 Å². The van der Waals surface area contributed by atoms with Gasteiger partial charge in [-0.1, -0.05) is 12.1 Å². The highest BCUT2D eigenvalue weighted by Gasteiger charge is 2.35. The number of nitrogens with zero attached hydrogens (tertiary/aromatic N) is 3. The van der Waals surface area contributed by atoms with Gasteiger partial charge < -0.3 is 14.6 Å². The third-order valence-corrected chi connectivity index (χ3v) is 6.00. The zero-order valence-electron chi connectivity index (χ0n) is 16.9. The summed E-state index contributed by atoms with van der Waals surface area (Å²) in [6, 6.07) is 7.95. The first kappa shape index (κ1) is 19.6. The molecule has 2 aliphatic rings. The lowest BCUT2D eigenvalue weighted by Gasteiger charge is -2.45. The maximum atomic E-state index is 10.8. The summed E-state index contributed by atoms with van der Waals surface area (Å²) in [6.07, 6.45) is 3.77. The first-order valence-electron chi connectivity index (χ1n) is 10.3. The van der Waals surface area contributed by atoms with Crippen molar-refractivity contribution in [3.63, 3.8) is 0 Å². The minimum Gasteiger partial charge on any atom is -0.487 e. The highest BCUT2D eigenvalue weighted by Crippen LogP contribution is 2.28. The van der Waals surface area contributed by atoms with Crippen molar-refractivity contribution >= 4 is 10.8 Å². The number of morpholine rings is 1. The molecule has 6 nitrogen and oxygen atoms in total. The summed E-state index contributed by atoms with van der Waals surface area (Å²) in [5, 5.41) is 12.9. The van der Waals surface area contributed by atoms with Crippen LogP contribution in [0, 0.1) is 0 Å². The fourth-order valence-electron chi connectivity index (χ4n) is 4.43. The molecular formula is C22H31N3O3. The predicted molar refractivity (Wildman–Crippen MR) is 110 cm³/mol. The zero-order valence-corrected chi connectivity index (χ0v) is 16.9. The van der Waals surface area contributed by atoms with Gasteiger partial charge >= 0.3 is 0 Å². The zero-order chi connectivity index (χ0) is 19.6. The Morgan fingerprint density at radius 2 is 2.04 bits per heavy atom. The number of aliphatic hydroxyl groups excluding tert-OH is 1. The van der Waals surface area contributed by atoms with Gasteiger partial charge in [0.25, 0.3) is 0 Å². The molecule has 1 aromatic carbocycles. The molecule has 0 saturated carbocycles. The maximum absolute atomic E-state index is 10.8. The van der Waals surface area contributed by atoms with E-state index in [2.05, 4.69) is 28.6 Å². The molecule has 28 heavy (non-hydrogen) atoms. The summed E-state index contributed by atoms with van der Waals surface area (Å²) in [7, 11) is 0. The molecule has 2 aliphatic heterocycles. The van der Waals surface area contributed by atoms with Crippen LogP contribution in [0.3, 0.4) is 0 Å². The second kappa shape index (κ2) is 8.33. The lowest BCUT2D eigenvalue weighted by molar-refractivity contribution is -0.0542. The molecule has 0 amide bonds. The molecule has 3 heterocycles. The molecule has 1 N–H and O–H groups in total. The van der Waals surface area contributed by atoms with Gasteiger partial charge in [0.2, 0.25) is 0 Å². The van der Waals surface area contributed by atoms with Gasteiger partial charge in [0, 0.05) is 61.4 Å². The molecule has 6 heteroatoms. The van der Waals surface area contributed by atoms with Crippen LogP contribution in [0.2, 0.25) is 0 Å². The number of likely N-dealkylation sites (tertiary alicyclic amines) is 1. The lowest BCUT2D eigenvalue weighted by Crippen LogP contribution is -2.58. The quantitative estimate of drug-likeness (QED) is 0.851. The van der Waals surface area contributed by atoms with Gasteiger partial charge in [-0.05, 0) is 32.4 Å². The first-order valence-corrected chi connectivity index (χ1v) is 10.3. The molecule has 0 spiro atoms. The van der Waals surface area contributed by atoms with Crippen LogP contribution in [0.15, 0.2) is 36.7 Å². The van der Waals surface area contributed by atoms with Crippen molar-refractivity contribution in [3.8, 4) is 5.75 Å². The second-order valence-corrected chi connectivity index (χ2v) is 8.51. The highest BCUT2D eigenvalue weighted by molar-refractivity contribution is 5.87. The molecule has 0 radical (unpaired) electrons. The Bertz CT molecular complexity index is 786. The van der Waals surface area contributed by atoms with E-state index in [0.717, 1.165) is 62.3 Å². The average molecular weight is 386 g/mol. The normalized spacial score (nSPS) is 25.1. The van der Waals surface area contributed by atoms with Crippen molar-refractivity contribution in [2.75, 3.05) is 45.9 Å². The number of hydrogen-bond donors (Lipinski definition) is 1. The molecule has 2 atom stereocenters. The average Bonchev–Trinajstić information content (AvgIpc) is 2.71. The number of β-amino-alcohol motifs (C(OH)–C–C–N with tert-alkyl or cyclic N) is 1. The Balaban J connectivity index is 1.37. The van der Waals surface area contributed by atoms with Crippen molar-refractivity contribution in [3.05, 3.63) is 36.7 Å². The van der Waals surface area contributed by atoms with Gasteiger partial charge in [-0.2, -0.15) is 0 Å². The minimum absolute atomic E-state index is 0.0693. The van der Waals surface area contributed by atoms with E-state index in [0.29, 0.717) is 6.54 Å². The Morgan fingerprint density at radius 3 is 2.82 bits per heavy atom. The van der Waals surface area contributed by atoms with Crippen LogP contribution in [-0.4, -0.2) is 83.6 Å². The number of fused-ring (bicyclic) bond motifs is 1. The van der Waals surface area contributed by atoms with E-state index < -0.39 is 6.10 Å². The molecule has 152 valence electrons. The van der Waals surface area contributed by atoms with E-state index in [1.165, 1.54) is 0 Å². The fraction of sp³-hybridized carbons (Fsp3) is 0.591. The van der Waals surface area contributed by atoms with E-state index in [1.807, 2.05) is 30.5 Å². The molecular weight excluding hydrogens is 354 g/mol. The topological polar surface area (TPSA) is 58.1 Å². The van der Waals surface area contributed by atoms with Crippen molar-refractivity contribution < 1.29 is 14.6 Å². The molecule has 2 aromatic rings. The number of aliphatic hydroxyl groups is 1. The van der Waals surface area contributed by atoms with Crippen molar-refractivity contribution in [2.24, 2.45) is 0 Å². The van der Waals surface area contributed by atoms with Gasteiger partial charge in [0.1, 0.15) is 18.0 Å². The van der Waals surface area contributed by atoms with Crippen molar-refractivity contribution in [1.29, 1.82) is 0 Å². The number of aromatic nitrogens is 1. The minimum atomic E-state index is -0.494. The van der Waals surface area contributed by atoms with Gasteiger partial charge in [-0.25, -0.2) is 0 Å². The van der Waals surface area contributed by atoms with E-state index >= 15 is 0 Å². The third kappa shape index (κ3) is 4.30. The fourth-order valence-corrected chi connectivity index (χ4v) is 4.43. The van der Waals surface area contributed by atoms with Crippen LogP contribution in [0.25, 0.3) is 10.8 Å². The Morgan fingerprint density at radius 1 is 1.21 bits per heavy atom. The smallest absolute Gasteiger partial charge is 0.127 e. The van der Waals surface area contributed by atoms with E-state index in [1.54, 1.807) is 6.20 Å². The SMILES string of the molecule is CC(C)(CN1CC[C@@H](Oc2cccc3cnccc23)[C@H](O)C1)N1CCOCC1.